The van der Waals surface area contributed by atoms with Crippen molar-refractivity contribution in [3.05, 3.63) is 54.6 Å². The fourth-order valence-corrected chi connectivity index (χ4v) is 4.00. The maximum absolute atomic E-state index is 12.9. The van der Waals surface area contributed by atoms with E-state index in [1.54, 1.807) is 35.0 Å². The van der Waals surface area contributed by atoms with Crippen LogP contribution in [-0.2, 0) is 7.05 Å². The highest BCUT2D eigenvalue weighted by Gasteiger charge is 2.26. The molecule has 1 amide bonds. The molecule has 3 aromatic rings. The molecule has 150 valence electrons. The Bertz CT molecular complexity index is 981. The van der Waals surface area contributed by atoms with Crippen LogP contribution in [0, 0.1) is 0 Å². The molecule has 0 atom stereocenters. The van der Waals surface area contributed by atoms with E-state index in [-0.39, 0.29) is 12.0 Å². The van der Waals surface area contributed by atoms with Gasteiger partial charge in [-0.15, -0.1) is 11.8 Å². The lowest BCUT2D eigenvalue weighted by atomic mass is 10.1. The minimum Gasteiger partial charge on any atom is -0.460 e. The van der Waals surface area contributed by atoms with Crippen molar-refractivity contribution in [1.29, 1.82) is 0 Å². The topological polar surface area (TPSA) is 73.1 Å². The first-order valence-electron chi connectivity index (χ1n) is 9.54. The largest absolute Gasteiger partial charge is 0.460 e. The van der Waals surface area contributed by atoms with E-state index in [1.807, 2.05) is 48.7 Å². The minimum atomic E-state index is 0.0130. The average molecular weight is 410 g/mol. The van der Waals surface area contributed by atoms with Gasteiger partial charge in [-0.05, 0) is 18.4 Å². The summed E-state index contributed by atoms with van der Waals surface area (Å²) in [5.74, 6) is 0.0884. The molecule has 4 rings (SSSR count). The van der Waals surface area contributed by atoms with E-state index >= 15 is 0 Å². The summed E-state index contributed by atoms with van der Waals surface area (Å²) in [6, 6.07) is 8.13. The maximum atomic E-state index is 12.9. The number of likely N-dealkylation sites (tertiary alicyclic amines) is 1. The zero-order chi connectivity index (χ0) is 20.2. The van der Waals surface area contributed by atoms with Gasteiger partial charge in [0.15, 0.2) is 0 Å². The fraction of sp³-hybridized carbons (Fsp3) is 0.333. The van der Waals surface area contributed by atoms with Crippen molar-refractivity contribution in [2.45, 2.75) is 23.8 Å². The minimum absolute atomic E-state index is 0.0130. The van der Waals surface area contributed by atoms with Crippen LogP contribution in [0.3, 0.4) is 0 Å². The van der Waals surface area contributed by atoms with Crippen molar-refractivity contribution in [1.82, 2.24) is 24.6 Å². The summed E-state index contributed by atoms with van der Waals surface area (Å²) < 4.78 is 7.69. The Kier molecular flexibility index (Phi) is 5.80. The highest BCUT2D eigenvalue weighted by Crippen LogP contribution is 2.24. The van der Waals surface area contributed by atoms with Gasteiger partial charge >= 0.3 is 6.01 Å². The van der Waals surface area contributed by atoms with Crippen molar-refractivity contribution < 1.29 is 9.53 Å². The lowest BCUT2D eigenvalue weighted by Gasteiger charge is -2.32. The van der Waals surface area contributed by atoms with E-state index in [9.17, 15) is 4.79 Å². The summed E-state index contributed by atoms with van der Waals surface area (Å²) in [7, 11) is 1.87. The predicted octanol–water partition coefficient (Wildman–Crippen LogP) is 3.28. The van der Waals surface area contributed by atoms with Crippen molar-refractivity contribution >= 4 is 17.7 Å². The molecule has 7 nitrogen and oxygen atoms in total. The third kappa shape index (κ3) is 4.42. The number of carbonyl (C=O) groups is 1. The Morgan fingerprint density at radius 2 is 1.83 bits per heavy atom. The maximum Gasteiger partial charge on any atom is 0.316 e. The van der Waals surface area contributed by atoms with Crippen LogP contribution in [0.1, 0.15) is 23.2 Å². The van der Waals surface area contributed by atoms with Gasteiger partial charge in [-0.25, -0.2) is 9.97 Å². The van der Waals surface area contributed by atoms with E-state index in [0.717, 1.165) is 34.4 Å². The molecule has 8 heteroatoms. The monoisotopic (exact) mass is 409 g/mol. The fourth-order valence-electron chi connectivity index (χ4n) is 3.41. The van der Waals surface area contributed by atoms with E-state index in [1.165, 1.54) is 0 Å². The molecule has 0 aliphatic carbocycles. The molecule has 0 radical (unpaired) electrons. The number of benzene rings is 1. The van der Waals surface area contributed by atoms with Crippen molar-refractivity contribution in [2.24, 2.45) is 7.05 Å². The van der Waals surface area contributed by atoms with Gasteiger partial charge in [-0.1, -0.05) is 12.1 Å². The normalized spacial score (nSPS) is 14.8. The Hall–Kier alpha value is -2.87. The van der Waals surface area contributed by atoms with Crippen molar-refractivity contribution in [2.75, 3.05) is 19.3 Å². The molecule has 1 aromatic carbocycles. The van der Waals surface area contributed by atoms with Gasteiger partial charge in [0.2, 0.25) is 0 Å². The molecule has 1 fully saturated rings. The third-order valence-corrected chi connectivity index (χ3v) is 5.80. The molecule has 29 heavy (non-hydrogen) atoms. The molecule has 0 unspecified atom stereocenters. The van der Waals surface area contributed by atoms with Crippen molar-refractivity contribution in [3.63, 3.8) is 0 Å². The first-order valence-corrected chi connectivity index (χ1v) is 10.8. The number of hydrogen-bond acceptors (Lipinski definition) is 6. The summed E-state index contributed by atoms with van der Waals surface area (Å²) in [6.45, 7) is 1.33. The van der Waals surface area contributed by atoms with Crippen LogP contribution in [-0.4, -0.2) is 56.0 Å². The summed E-state index contributed by atoms with van der Waals surface area (Å²) >= 11 is 1.60. The molecular formula is C21H23N5O2S. The Morgan fingerprint density at radius 3 is 2.48 bits per heavy atom. The summed E-state index contributed by atoms with van der Waals surface area (Å²) in [4.78, 5) is 24.4. The van der Waals surface area contributed by atoms with Gasteiger partial charge in [-0.3, -0.25) is 9.48 Å². The van der Waals surface area contributed by atoms with Crippen LogP contribution in [0.5, 0.6) is 6.01 Å². The van der Waals surface area contributed by atoms with Gasteiger partial charge in [0, 0.05) is 67.6 Å². The van der Waals surface area contributed by atoms with E-state index in [0.29, 0.717) is 19.1 Å². The van der Waals surface area contributed by atoms with E-state index in [2.05, 4.69) is 15.1 Å². The molecule has 1 saturated heterocycles. The predicted molar refractivity (Wildman–Crippen MR) is 112 cm³/mol. The van der Waals surface area contributed by atoms with Crippen LogP contribution in [0.25, 0.3) is 11.1 Å². The Balaban J connectivity index is 1.33. The van der Waals surface area contributed by atoms with Gasteiger partial charge < -0.3 is 9.64 Å². The second kappa shape index (κ2) is 8.65. The lowest BCUT2D eigenvalue weighted by Crippen LogP contribution is -2.42. The zero-order valence-corrected chi connectivity index (χ0v) is 17.3. The van der Waals surface area contributed by atoms with Crippen LogP contribution in [0.2, 0.25) is 0 Å². The molecule has 0 saturated carbocycles. The number of nitrogens with zero attached hydrogens (tertiary/aromatic N) is 5. The summed E-state index contributed by atoms with van der Waals surface area (Å²) in [5, 5.41) is 4.16. The number of carbonyl (C=O) groups excluding carboxylic acids is 1. The number of aryl methyl sites for hydroxylation is 1. The first-order chi connectivity index (χ1) is 14.1. The molecular weight excluding hydrogens is 386 g/mol. The van der Waals surface area contributed by atoms with Crippen LogP contribution < -0.4 is 4.74 Å². The van der Waals surface area contributed by atoms with Crippen LogP contribution in [0.15, 0.2) is 53.9 Å². The Labute approximate surface area is 174 Å². The Morgan fingerprint density at radius 1 is 1.10 bits per heavy atom. The summed E-state index contributed by atoms with van der Waals surface area (Å²) in [5.41, 5.74) is 2.64. The lowest BCUT2D eigenvalue weighted by molar-refractivity contribution is 0.0575. The number of hydrogen-bond donors (Lipinski definition) is 0. The molecule has 0 bridgehead atoms. The van der Waals surface area contributed by atoms with Gasteiger partial charge in [0.25, 0.3) is 5.91 Å². The molecule has 3 heterocycles. The summed E-state index contributed by atoms with van der Waals surface area (Å²) in [6.07, 6.45) is 10.7. The van der Waals surface area contributed by atoms with Crippen molar-refractivity contribution in [3.8, 4) is 17.1 Å². The molecule has 2 aromatic heterocycles. The number of ether oxygens (including phenoxy) is 1. The number of piperidine rings is 1. The highest BCUT2D eigenvalue weighted by molar-refractivity contribution is 7.98. The first kappa shape index (κ1) is 19.4. The number of aromatic nitrogens is 4. The van der Waals surface area contributed by atoms with E-state index < -0.39 is 0 Å². The standard InChI is InChI=1S/C21H23N5O2S/c1-25-14-16(13-24-25)15-11-22-21(23-12-15)28-17-7-9-26(10-8-17)20(27)18-5-3-4-6-19(18)29-2/h3-6,11-14,17H,7-10H2,1-2H3. The number of rotatable bonds is 5. The molecule has 0 spiro atoms. The SMILES string of the molecule is CSc1ccccc1C(=O)N1CCC(Oc2ncc(-c3cnn(C)c3)cn2)CC1. The second-order valence-electron chi connectivity index (χ2n) is 6.97. The van der Waals surface area contributed by atoms with Crippen LogP contribution in [0.4, 0.5) is 0 Å². The third-order valence-electron chi connectivity index (χ3n) is 5.01. The number of amides is 1. The molecule has 1 aliphatic rings. The quantitative estimate of drug-likeness (QED) is 0.602. The van der Waals surface area contributed by atoms with Gasteiger partial charge in [0.1, 0.15) is 6.10 Å². The van der Waals surface area contributed by atoms with Gasteiger partial charge in [-0.2, -0.15) is 5.10 Å². The second-order valence-corrected chi connectivity index (χ2v) is 7.81. The molecule has 0 N–H and O–H groups in total. The smallest absolute Gasteiger partial charge is 0.316 e. The highest BCUT2D eigenvalue weighted by atomic mass is 32.2. The average Bonchev–Trinajstić information content (AvgIpc) is 3.20. The van der Waals surface area contributed by atoms with Crippen LogP contribution >= 0.6 is 11.8 Å². The van der Waals surface area contributed by atoms with Gasteiger partial charge in [0.05, 0.1) is 11.8 Å². The zero-order valence-electron chi connectivity index (χ0n) is 16.5. The van der Waals surface area contributed by atoms with E-state index in [4.69, 9.17) is 4.74 Å². The number of thioether (sulfide) groups is 1. The molecule has 1 aliphatic heterocycles.